The first kappa shape index (κ1) is 17.4. The summed E-state index contributed by atoms with van der Waals surface area (Å²) in [6.07, 6.45) is 7.86. The van der Waals surface area contributed by atoms with Crippen molar-refractivity contribution in [3.8, 4) is 0 Å². The number of hydrogen-bond acceptors (Lipinski definition) is 5. The summed E-state index contributed by atoms with van der Waals surface area (Å²) in [5.74, 6) is -1.95. The van der Waals surface area contributed by atoms with Crippen LogP contribution in [-0.4, -0.2) is 34.8 Å². The topological polar surface area (TPSA) is 92.8 Å². The second kappa shape index (κ2) is 8.64. The molecule has 1 aliphatic heterocycles. The molecule has 1 aliphatic carbocycles. The van der Waals surface area contributed by atoms with Gasteiger partial charge < -0.3 is 10.2 Å². The highest BCUT2D eigenvalue weighted by molar-refractivity contribution is 6.01. The van der Waals surface area contributed by atoms with Crippen LogP contribution in [0.3, 0.4) is 0 Å². The average Bonchev–Trinajstić information content (AvgIpc) is 2.80. The van der Waals surface area contributed by atoms with E-state index in [1.807, 2.05) is 0 Å². The Labute approximate surface area is 135 Å². The van der Waals surface area contributed by atoms with Gasteiger partial charge in [0.2, 0.25) is 5.91 Å². The molecule has 0 bridgehead atoms. The van der Waals surface area contributed by atoms with Crippen molar-refractivity contribution >= 4 is 23.7 Å². The van der Waals surface area contributed by atoms with Gasteiger partial charge in [-0.2, -0.15) is 0 Å². The fraction of sp³-hybridized carbons (Fsp3) is 0.750. The largest absolute Gasteiger partial charge is 0.353 e. The Balaban J connectivity index is 1.67. The molecule has 1 heterocycles. The van der Waals surface area contributed by atoms with Crippen LogP contribution in [0.2, 0.25) is 0 Å². The van der Waals surface area contributed by atoms with Crippen LogP contribution < -0.4 is 5.32 Å². The number of hydroxylamine groups is 2. The molecule has 0 unspecified atom stereocenters. The summed E-state index contributed by atoms with van der Waals surface area (Å²) in [5, 5.41) is 3.47. The van der Waals surface area contributed by atoms with E-state index in [1.165, 1.54) is 19.3 Å². The minimum Gasteiger partial charge on any atom is -0.353 e. The molecule has 1 N–H and O–H groups in total. The number of imide groups is 1. The maximum absolute atomic E-state index is 11.9. The summed E-state index contributed by atoms with van der Waals surface area (Å²) >= 11 is 0. The van der Waals surface area contributed by atoms with Gasteiger partial charge in [0.1, 0.15) is 0 Å². The quantitative estimate of drug-likeness (QED) is 0.775. The van der Waals surface area contributed by atoms with Crippen LogP contribution in [0.1, 0.15) is 70.6 Å². The molecule has 0 aromatic carbocycles. The molecule has 128 valence electrons. The molecular formula is C16H24N2O5. The van der Waals surface area contributed by atoms with Crippen LogP contribution in [0.25, 0.3) is 0 Å². The van der Waals surface area contributed by atoms with Gasteiger partial charge in [0.15, 0.2) is 0 Å². The van der Waals surface area contributed by atoms with E-state index in [2.05, 4.69) is 5.32 Å². The van der Waals surface area contributed by atoms with Gasteiger partial charge in [-0.3, -0.25) is 14.4 Å². The predicted octanol–water partition coefficient (Wildman–Crippen LogP) is 1.60. The summed E-state index contributed by atoms with van der Waals surface area (Å²) in [7, 11) is 0. The first-order chi connectivity index (χ1) is 11.1. The molecule has 0 spiro atoms. The molecule has 7 nitrogen and oxygen atoms in total. The summed E-state index contributed by atoms with van der Waals surface area (Å²) in [6, 6.07) is 0.181. The van der Waals surface area contributed by atoms with Gasteiger partial charge in [-0.25, -0.2) is 4.79 Å². The first-order valence-corrected chi connectivity index (χ1v) is 8.42. The normalized spacial score (nSPS) is 20.1. The summed E-state index contributed by atoms with van der Waals surface area (Å²) in [4.78, 5) is 50.9. The fourth-order valence-electron chi connectivity index (χ4n) is 2.92. The molecular weight excluding hydrogens is 300 g/mol. The zero-order valence-electron chi connectivity index (χ0n) is 13.3. The highest BCUT2D eigenvalue weighted by Gasteiger charge is 2.32. The Morgan fingerprint density at radius 3 is 2.13 bits per heavy atom. The van der Waals surface area contributed by atoms with Crippen LogP contribution in [0, 0.1) is 0 Å². The van der Waals surface area contributed by atoms with Crippen molar-refractivity contribution < 1.29 is 24.0 Å². The van der Waals surface area contributed by atoms with Crippen LogP contribution in [-0.2, 0) is 24.0 Å². The van der Waals surface area contributed by atoms with Gasteiger partial charge in [0.05, 0.1) is 6.42 Å². The van der Waals surface area contributed by atoms with Crippen LogP contribution >= 0.6 is 0 Å². The molecule has 2 rings (SSSR count). The van der Waals surface area contributed by atoms with Gasteiger partial charge >= 0.3 is 5.97 Å². The van der Waals surface area contributed by atoms with Crippen molar-refractivity contribution in [3.05, 3.63) is 0 Å². The molecule has 1 saturated heterocycles. The van der Waals surface area contributed by atoms with Crippen LogP contribution in [0.4, 0.5) is 0 Å². The summed E-state index contributed by atoms with van der Waals surface area (Å²) in [5.41, 5.74) is 0. The molecule has 3 amide bonds. The third-order valence-electron chi connectivity index (χ3n) is 4.23. The van der Waals surface area contributed by atoms with E-state index < -0.39 is 17.8 Å². The van der Waals surface area contributed by atoms with Crippen LogP contribution in [0.5, 0.6) is 0 Å². The van der Waals surface area contributed by atoms with Gasteiger partial charge in [-0.15, -0.1) is 5.06 Å². The number of rotatable bonds is 5. The third kappa shape index (κ3) is 5.65. The Kier molecular flexibility index (Phi) is 6.55. The Morgan fingerprint density at radius 2 is 1.52 bits per heavy atom. The van der Waals surface area contributed by atoms with E-state index in [0.29, 0.717) is 5.06 Å². The molecule has 0 atom stereocenters. The molecule has 1 saturated carbocycles. The van der Waals surface area contributed by atoms with E-state index in [1.54, 1.807) is 0 Å². The zero-order chi connectivity index (χ0) is 16.7. The van der Waals surface area contributed by atoms with Gasteiger partial charge in [0.25, 0.3) is 11.8 Å². The number of carbonyl (C=O) groups is 4. The van der Waals surface area contributed by atoms with Crippen molar-refractivity contribution in [2.75, 3.05) is 0 Å². The van der Waals surface area contributed by atoms with Gasteiger partial charge in [-0.05, 0) is 12.8 Å². The van der Waals surface area contributed by atoms with Crippen LogP contribution in [0.15, 0.2) is 0 Å². The number of carbonyl (C=O) groups excluding carboxylic acids is 4. The molecule has 0 radical (unpaired) electrons. The van der Waals surface area contributed by atoms with E-state index >= 15 is 0 Å². The molecule has 23 heavy (non-hydrogen) atoms. The molecule has 2 aliphatic rings. The van der Waals surface area contributed by atoms with Crippen molar-refractivity contribution in [1.29, 1.82) is 0 Å². The fourth-order valence-corrected chi connectivity index (χ4v) is 2.92. The predicted molar refractivity (Wildman–Crippen MR) is 80.7 cm³/mol. The van der Waals surface area contributed by atoms with Gasteiger partial charge in [-0.1, -0.05) is 32.1 Å². The standard InChI is InChI=1S/C16H24N2O5/c19-13(17-12-6-4-2-1-3-5-7-12)8-11-16(22)23-18-14(20)9-10-15(18)21/h12H,1-11H2,(H,17,19). The van der Waals surface area contributed by atoms with Crippen molar-refractivity contribution in [2.24, 2.45) is 0 Å². The lowest BCUT2D eigenvalue weighted by molar-refractivity contribution is -0.197. The molecule has 0 aromatic heterocycles. The zero-order valence-corrected chi connectivity index (χ0v) is 13.3. The second-order valence-corrected chi connectivity index (χ2v) is 6.15. The monoisotopic (exact) mass is 324 g/mol. The van der Waals surface area contributed by atoms with E-state index in [4.69, 9.17) is 4.84 Å². The smallest absolute Gasteiger partial charge is 0.333 e. The van der Waals surface area contributed by atoms with E-state index in [0.717, 1.165) is 25.7 Å². The second-order valence-electron chi connectivity index (χ2n) is 6.15. The van der Waals surface area contributed by atoms with E-state index in [-0.39, 0.29) is 37.6 Å². The summed E-state index contributed by atoms with van der Waals surface area (Å²) < 4.78 is 0. The molecule has 2 fully saturated rings. The molecule has 7 heteroatoms. The SMILES string of the molecule is O=C(CCC(=O)ON1C(=O)CCC1=O)NC1CCCCCCC1. The Morgan fingerprint density at radius 1 is 0.957 bits per heavy atom. The number of nitrogens with zero attached hydrogens (tertiary/aromatic N) is 1. The highest BCUT2D eigenvalue weighted by Crippen LogP contribution is 2.17. The summed E-state index contributed by atoms with van der Waals surface area (Å²) in [6.45, 7) is 0. The average molecular weight is 324 g/mol. The first-order valence-electron chi connectivity index (χ1n) is 8.42. The lowest BCUT2D eigenvalue weighted by atomic mass is 9.96. The Hall–Kier alpha value is -1.92. The third-order valence-corrected chi connectivity index (χ3v) is 4.23. The number of hydrogen-bond donors (Lipinski definition) is 1. The van der Waals surface area contributed by atoms with Gasteiger partial charge in [0, 0.05) is 25.3 Å². The Bertz CT molecular complexity index is 453. The number of nitrogens with one attached hydrogen (secondary N) is 1. The highest BCUT2D eigenvalue weighted by atomic mass is 16.7. The maximum Gasteiger partial charge on any atom is 0.333 e. The minimum atomic E-state index is -0.735. The maximum atomic E-state index is 11.9. The lowest BCUT2D eigenvalue weighted by Gasteiger charge is -2.21. The van der Waals surface area contributed by atoms with Crippen molar-refractivity contribution in [3.63, 3.8) is 0 Å². The minimum absolute atomic E-state index is 0.00551. The van der Waals surface area contributed by atoms with E-state index in [9.17, 15) is 19.2 Å². The van der Waals surface area contributed by atoms with Crippen molar-refractivity contribution in [2.45, 2.75) is 76.7 Å². The lowest BCUT2D eigenvalue weighted by Crippen LogP contribution is -2.36. The molecule has 0 aromatic rings. The van der Waals surface area contributed by atoms with Crippen molar-refractivity contribution in [1.82, 2.24) is 10.4 Å². The number of amides is 3.